The van der Waals surface area contributed by atoms with E-state index < -0.39 is 0 Å². The Morgan fingerprint density at radius 1 is 0.912 bits per heavy atom. The lowest BCUT2D eigenvalue weighted by atomic mass is 10.1. The van der Waals surface area contributed by atoms with E-state index in [9.17, 15) is 4.79 Å². The molecule has 0 spiro atoms. The summed E-state index contributed by atoms with van der Waals surface area (Å²) >= 11 is 0. The minimum absolute atomic E-state index is 0.0934. The van der Waals surface area contributed by atoms with Crippen molar-refractivity contribution in [1.29, 1.82) is 0 Å². The number of anilines is 1. The monoisotopic (exact) mass is 445 g/mol. The van der Waals surface area contributed by atoms with Gasteiger partial charge in [0.25, 0.3) is 0 Å². The molecule has 8 nitrogen and oxygen atoms in total. The molecule has 0 bridgehead atoms. The van der Waals surface area contributed by atoms with Gasteiger partial charge in [-0.25, -0.2) is 4.98 Å². The molecule has 0 atom stereocenters. The predicted octanol–water partition coefficient (Wildman–Crippen LogP) is 4.74. The van der Waals surface area contributed by atoms with E-state index in [2.05, 4.69) is 35.5 Å². The molecule has 0 radical (unpaired) electrons. The van der Waals surface area contributed by atoms with Crippen LogP contribution in [0, 0.1) is 0 Å². The van der Waals surface area contributed by atoms with E-state index in [4.69, 9.17) is 0 Å². The number of aromatic amines is 2. The van der Waals surface area contributed by atoms with Crippen molar-refractivity contribution in [3.05, 3.63) is 91.1 Å². The molecule has 5 aromatic heterocycles. The molecule has 8 heteroatoms. The number of aromatic nitrogens is 6. The van der Waals surface area contributed by atoms with Gasteiger partial charge in [-0.1, -0.05) is 30.3 Å². The van der Waals surface area contributed by atoms with Crippen molar-refractivity contribution in [2.24, 2.45) is 0 Å². The third-order valence-electron chi connectivity index (χ3n) is 5.66. The van der Waals surface area contributed by atoms with Crippen molar-refractivity contribution >= 4 is 33.5 Å². The number of nitrogens with one attached hydrogen (secondary N) is 3. The van der Waals surface area contributed by atoms with E-state index in [1.807, 2.05) is 54.6 Å². The normalized spacial score (nSPS) is 11.2. The van der Waals surface area contributed by atoms with Crippen LogP contribution in [0.4, 0.5) is 5.69 Å². The van der Waals surface area contributed by atoms with Crippen LogP contribution >= 0.6 is 0 Å². The topological polar surface area (TPSA) is 112 Å². The average molecular weight is 445 g/mol. The van der Waals surface area contributed by atoms with Gasteiger partial charge in [0, 0.05) is 40.5 Å². The highest BCUT2D eigenvalue weighted by Crippen LogP contribution is 2.31. The molecule has 5 heterocycles. The van der Waals surface area contributed by atoms with Crippen LogP contribution in [0.25, 0.3) is 44.5 Å². The van der Waals surface area contributed by atoms with Crippen molar-refractivity contribution < 1.29 is 4.79 Å². The molecule has 6 aromatic rings. The largest absolute Gasteiger partial charge is 0.352 e. The first-order valence-corrected chi connectivity index (χ1v) is 10.8. The maximum Gasteiger partial charge on any atom is 0.228 e. The number of carbonyl (C=O) groups is 1. The molecule has 164 valence electrons. The maximum atomic E-state index is 12.5. The second kappa shape index (κ2) is 8.25. The summed E-state index contributed by atoms with van der Waals surface area (Å²) in [5, 5.41) is 12.4. The number of rotatable bonds is 5. The fraction of sp³-hybridized carbons (Fsp3) is 0.0385. The third kappa shape index (κ3) is 3.77. The number of H-pyrrole nitrogens is 2. The smallest absolute Gasteiger partial charge is 0.228 e. The van der Waals surface area contributed by atoms with Crippen LogP contribution in [0.1, 0.15) is 5.56 Å². The molecule has 0 fully saturated rings. The molecule has 0 saturated carbocycles. The summed E-state index contributed by atoms with van der Waals surface area (Å²) in [4.78, 5) is 28.9. The quantitative estimate of drug-likeness (QED) is 0.355. The lowest BCUT2D eigenvalue weighted by Crippen LogP contribution is -2.14. The van der Waals surface area contributed by atoms with Gasteiger partial charge in [0.1, 0.15) is 5.69 Å². The summed E-state index contributed by atoms with van der Waals surface area (Å²) < 4.78 is 0. The Kier molecular flexibility index (Phi) is 4.81. The van der Waals surface area contributed by atoms with Gasteiger partial charge in [0.15, 0.2) is 5.65 Å². The highest BCUT2D eigenvalue weighted by Gasteiger charge is 2.14. The van der Waals surface area contributed by atoms with Crippen LogP contribution in [-0.2, 0) is 11.2 Å². The SMILES string of the molecule is O=C(Cc1ccccc1)Nc1cncc(-c2cnc3[nH]nc(-c4cc5ccncc5[nH]4)c3c2)c1. The van der Waals surface area contributed by atoms with Crippen LogP contribution < -0.4 is 5.32 Å². The molecule has 6 rings (SSSR count). The molecule has 3 N–H and O–H groups in total. The van der Waals surface area contributed by atoms with E-state index >= 15 is 0 Å². The fourth-order valence-corrected chi connectivity index (χ4v) is 4.02. The van der Waals surface area contributed by atoms with Crippen LogP contribution in [0.3, 0.4) is 0 Å². The summed E-state index contributed by atoms with van der Waals surface area (Å²) in [6, 6.07) is 17.6. The minimum Gasteiger partial charge on any atom is -0.352 e. The Balaban J connectivity index is 1.30. The van der Waals surface area contributed by atoms with Crippen molar-refractivity contribution in [2.75, 3.05) is 5.32 Å². The zero-order valence-electron chi connectivity index (χ0n) is 18.0. The van der Waals surface area contributed by atoms with Crippen LogP contribution in [-0.4, -0.2) is 36.0 Å². The first-order valence-electron chi connectivity index (χ1n) is 10.8. The van der Waals surface area contributed by atoms with Gasteiger partial charge in [-0.05, 0) is 29.8 Å². The van der Waals surface area contributed by atoms with Crippen LogP contribution in [0.15, 0.2) is 85.6 Å². The first kappa shape index (κ1) is 19.8. The number of carbonyl (C=O) groups excluding carboxylic acids is 1. The number of amides is 1. The number of benzene rings is 1. The zero-order valence-corrected chi connectivity index (χ0v) is 18.0. The van der Waals surface area contributed by atoms with Crippen molar-refractivity contribution in [3.8, 4) is 22.5 Å². The lowest BCUT2D eigenvalue weighted by Gasteiger charge is -2.07. The van der Waals surface area contributed by atoms with E-state index in [1.165, 1.54) is 0 Å². The van der Waals surface area contributed by atoms with E-state index in [0.717, 1.165) is 44.4 Å². The highest BCUT2D eigenvalue weighted by molar-refractivity contribution is 5.96. The Morgan fingerprint density at radius 3 is 2.68 bits per heavy atom. The molecule has 0 aliphatic heterocycles. The van der Waals surface area contributed by atoms with Crippen molar-refractivity contribution in [2.45, 2.75) is 6.42 Å². The van der Waals surface area contributed by atoms with E-state index in [0.29, 0.717) is 17.8 Å². The van der Waals surface area contributed by atoms with Gasteiger partial charge in [-0.2, -0.15) is 5.10 Å². The average Bonchev–Trinajstić information content (AvgIpc) is 3.48. The Hall–Kier alpha value is -4.85. The van der Waals surface area contributed by atoms with Gasteiger partial charge in [0.2, 0.25) is 5.91 Å². The van der Waals surface area contributed by atoms with E-state index in [1.54, 1.807) is 31.0 Å². The highest BCUT2D eigenvalue weighted by atomic mass is 16.1. The van der Waals surface area contributed by atoms with Gasteiger partial charge in [-0.15, -0.1) is 0 Å². The molecule has 0 aliphatic carbocycles. The number of nitrogens with zero attached hydrogens (tertiary/aromatic N) is 4. The summed E-state index contributed by atoms with van der Waals surface area (Å²) in [6.07, 6.45) is 9.02. The Labute approximate surface area is 194 Å². The predicted molar refractivity (Wildman–Crippen MR) is 131 cm³/mol. The number of hydrogen-bond acceptors (Lipinski definition) is 5. The van der Waals surface area contributed by atoms with Gasteiger partial charge < -0.3 is 10.3 Å². The standard InChI is InChI=1S/C26H19N7O/c34-24(8-16-4-2-1-3-5-16)30-20-9-18(12-28-14-20)19-10-21-25(32-33-26(21)29-13-19)22-11-17-6-7-27-15-23(17)31-22/h1-7,9-15,31H,8H2,(H,30,34)(H,29,32,33). The Bertz CT molecular complexity index is 1600. The molecule has 0 unspecified atom stereocenters. The molecular weight excluding hydrogens is 426 g/mol. The molecule has 1 aromatic carbocycles. The summed E-state index contributed by atoms with van der Waals surface area (Å²) in [5.74, 6) is -0.0934. The molecular formula is C26H19N7O. The number of pyridine rings is 3. The van der Waals surface area contributed by atoms with Gasteiger partial charge >= 0.3 is 0 Å². The fourth-order valence-electron chi connectivity index (χ4n) is 4.02. The second-order valence-corrected chi connectivity index (χ2v) is 8.01. The van der Waals surface area contributed by atoms with Gasteiger partial charge in [0.05, 0.1) is 35.7 Å². The van der Waals surface area contributed by atoms with Crippen LogP contribution in [0.2, 0.25) is 0 Å². The number of fused-ring (bicyclic) bond motifs is 2. The minimum atomic E-state index is -0.0934. The summed E-state index contributed by atoms with van der Waals surface area (Å²) in [6.45, 7) is 0. The Morgan fingerprint density at radius 2 is 1.79 bits per heavy atom. The maximum absolute atomic E-state index is 12.5. The molecule has 0 saturated heterocycles. The first-order chi connectivity index (χ1) is 16.7. The van der Waals surface area contributed by atoms with Gasteiger partial charge in [-0.3, -0.25) is 19.9 Å². The summed E-state index contributed by atoms with van der Waals surface area (Å²) in [5.41, 5.74) is 6.61. The van der Waals surface area contributed by atoms with Crippen molar-refractivity contribution in [1.82, 2.24) is 30.1 Å². The molecule has 1 amide bonds. The van der Waals surface area contributed by atoms with E-state index in [-0.39, 0.29) is 5.91 Å². The summed E-state index contributed by atoms with van der Waals surface area (Å²) in [7, 11) is 0. The lowest BCUT2D eigenvalue weighted by molar-refractivity contribution is -0.115. The zero-order chi connectivity index (χ0) is 22.9. The molecule has 34 heavy (non-hydrogen) atoms. The van der Waals surface area contributed by atoms with Crippen molar-refractivity contribution in [3.63, 3.8) is 0 Å². The van der Waals surface area contributed by atoms with Crippen LogP contribution in [0.5, 0.6) is 0 Å². The third-order valence-corrected chi connectivity index (χ3v) is 5.66. The number of hydrogen-bond donors (Lipinski definition) is 3. The second-order valence-electron chi connectivity index (χ2n) is 8.01. The molecule has 0 aliphatic rings.